The van der Waals surface area contributed by atoms with Crippen LogP contribution in [0.25, 0.3) is 6.08 Å². The summed E-state index contributed by atoms with van der Waals surface area (Å²) < 4.78 is 16.6. The summed E-state index contributed by atoms with van der Waals surface area (Å²) in [6.07, 6.45) is 1.46. The third-order valence-corrected chi connectivity index (χ3v) is 5.26. The minimum absolute atomic E-state index is 0.0681. The number of hydrogen-bond acceptors (Lipinski definition) is 6. The molecule has 0 saturated heterocycles. The molecule has 0 bridgehead atoms. The Kier molecular flexibility index (Phi) is 9.46. The number of nitrogens with one attached hydrogen (secondary N) is 1. The van der Waals surface area contributed by atoms with Crippen molar-refractivity contribution in [2.75, 3.05) is 18.5 Å². The predicted octanol–water partition coefficient (Wildman–Crippen LogP) is 5.52. The molecule has 3 rings (SSSR count). The fourth-order valence-corrected chi connectivity index (χ4v) is 3.46. The minimum Gasteiger partial charge on any atom is -0.489 e. The third kappa shape index (κ3) is 8.02. The number of hydrogen-bond donors (Lipinski definition) is 1. The van der Waals surface area contributed by atoms with Crippen LogP contribution in [-0.2, 0) is 20.9 Å². The van der Waals surface area contributed by atoms with Crippen LogP contribution in [0.4, 0.5) is 5.69 Å². The highest BCUT2D eigenvalue weighted by Crippen LogP contribution is 2.27. The molecule has 1 N–H and O–H groups in total. The Morgan fingerprint density at radius 3 is 2.43 bits per heavy atom. The van der Waals surface area contributed by atoms with E-state index in [1.807, 2.05) is 36.4 Å². The molecule has 1 amide bonds. The van der Waals surface area contributed by atoms with Crippen LogP contribution in [0, 0.1) is 11.3 Å². The summed E-state index contributed by atoms with van der Waals surface area (Å²) in [6.45, 7) is 2.21. The predicted molar refractivity (Wildman–Crippen MR) is 136 cm³/mol. The molecule has 0 aromatic heterocycles. The summed E-state index contributed by atoms with van der Waals surface area (Å²) in [5.41, 5.74) is 2.13. The van der Waals surface area contributed by atoms with Crippen molar-refractivity contribution >= 4 is 39.6 Å². The molecular weight excluding hydrogens is 512 g/mol. The van der Waals surface area contributed by atoms with E-state index in [1.165, 1.54) is 6.08 Å². The van der Waals surface area contributed by atoms with Gasteiger partial charge in [-0.05, 0) is 76.5 Å². The summed E-state index contributed by atoms with van der Waals surface area (Å²) >= 11 is 3.37. The minimum atomic E-state index is -0.538. The lowest BCUT2D eigenvalue weighted by atomic mass is 10.1. The topological polar surface area (TPSA) is 97.7 Å². The maximum Gasteiger partial charge on any atom is 0.344 e. The highest BCUT2D eigenvalue weighted by Gasteiger charge is 2.11. The number of benzene rings is 3. The van der Waals surface area contributed by atoms with E-state index in [9.17, 15) is 14.9 Å². The number of anilines is 1. The molecule has 3 aromatic rings. The van der Waals surface area contributed by atoms with Crippen LogP contribution in [0.5, 0.6) is 11.5 Å². The fraction of sp³-hybridized carbons (Fsp3) is 0.148. The number of nitrogens with zero attached hydrogens (tertiary/aromatic N) is 1. The number of amides is 1. The number of rotatable bonds is 10. The van der Waals surface area contributed by atoms with Crippen LogP contribution in [0.15, 0.2) is 82.8 Å². The summed E-state index contributed by atoms with van der Waals surface area (Å²) in [5.74, 6) is 0.0950. The van der Waals surface area contributed by atoms with Gasteiger partial charge in [0.2, 0.25) is 0 Å². The zero-order chi connectivity index (χ0) is 25.0. The molecule has 0 fully saturated rings. The van der Waals surface area contributed by atoms with Gasteiger partial charge in [0.05, 0.1) is 11.1 Å². The van der Waals surface area contributed by atoms with Crippen molar-refractivity contribution in [3.63, 3.8) is 0 Å². The smallest absolute Gasteiger partial charge is 0.344 e. The highest BCUT2D eigenvalue weighted by atomic mass is 79.9. The molecule has 0 saturated carbocycles. The number of esters is 1. The van der Waals surface area contributed by atoms with Crippen LogP contribution in [-0.4, -0.2) is 25.1 Å². The molecule has 178 valence electrons. The maximum atomic E-state index is 12.6. The summed E-state index contributed by atoms with van der Waals surface area (Å²) in [6, 6.07) is 23.6. The van der Waals surface area contributed by atoms with Crippen molar-refractivity contribution in [2.24, 2.45) is 0 Å². The van der Waals surface area contributed by atoms with Crippen LogP contribution in [0.2, 0.25) is 0 Å². The Labute approximate surface area is 212 Å². The Balaban J connectivity index is 1.59. The lowest BCUT2D eigenvalue weighted by molar-refractivity contribution is -0.145. The molecular formula is C27H23BrN2O5. The van der Waals surface area contributed by atoms with Crippen molar-refractivity contribution in [1.82, 2.24) is 0 Å². The number of nitriles is 1. The van der Waals surface area contributed by atoms with Gasteiger partial charge in [0.1, 0.15) is 29.7 Å². The van der Waals surface area contributed by atoms with E-state index >= 15 is 0 Å². The monoisotopic (exact) mass is 534 g/mol. The Morgan fingerprint density at radius 2 is 1.77 bits per heavy atom. The van der Waals surface area contributed by atoms with Crippen LogP contribution in [0.3, 0.4) is 0 Å². The van der Waals surface area contributed by atoms with E-state index in [-0.39, 0.29) is 18.8 Å². The van der Waals surface area contributed by atoms with Crippen molar-refractivity contribution < 1.29 is 23.8 Å². The van der Waals surface area contributed by atoms with E-state index in [1.54, 1.807) is 49.4 Å². The first-order valence-electron chi connectivity index (χ1n) is 10.8. The normalized spacial score (nSPS) is 10.7. The van der Waals surface area contributed by atoms with E-state index in [4.69, 9.17) is 14.2 Å². The molecule has 35 heavy (non-hydrogen) atoms. The van der Waals surface area contributed by atoms with Gasteiger partial charge in [-0.3, -0.25) is 4.79 Å². The zero-order valence-corrected chi connectivity index (χ0v) is 20.6. The van der Waals surface area contributed by atoms with Gasteiger partial charge in [-0.15, -0.1) is 0 Å². The van der Waals surface area contributed by atoms with Crippen LogP contribution in [0.1, 0.15) is 18.1 Å². The lowest BCUT2D eigenvalue weighted by Gasteiger charge is -2.09. The summed E-state index contributed by atoms with van der Waals surface area (Å²) in [7, 11) is 0. The van der Waals surface area contributed by atoms with Gasteiger partial charge < -0.3 is 19.5 Å². The SMILES string of the molecule is CCOC(=O)COc1ccc(/C=C(\C#N)C(=O)Nc2ccc(OCc3ccccc3)cc2)cc1Br. The Morgan fingerprint density at radius 1 is 1.03 bits per heavy atom. The van der Waals surface area contributed by atoms with Crippen molar-refractivity contribution in [2.45, 2.75) is 13.5 Å². The molecule has 0 unspecified atom stereocenters. The number of halogens is 1. The fourth-order valence-electron chi connectivity index (χ4n) is 2.95. The number of carbonyl (C=O) groups excluding carboxylic acids is 2. The van der Waals surface area contributed by atoms with E-state index in [0.29, 0.717) is 33.8 Å². The molecule has 8 heteroatoms. The molecule has 3 aromatic carbocycles. The van der Waals surface area contributed by atoms with Gasteiger partial charge in [0.25, 0.3) is 5.91 Å². The average molecular weight is 535 g/mol. The highest BCUT2D eigenvalue weighted by molar-refractivity contribution is 9.10. The zero-order valence-electron chi connectivity index (χ0n) is 19.0. The quantitative estimate of drug-likeness (QED) is 0.209. The Bertz CT molecular complexity index is 1230. The van der Waals surface area contributed by atoms with Gasteiger partial charge in [-0.2, -0.15) is 5.26 Å². The van der Waals surface area contributed by atoms with E-state index in [2.05, 4.69) is 21.2 Å². The number of ether oxygens (including phenoxy) is 3. The van der Waals surface area contributed by atoms with Gasteiger partial charge in [-0.25, -0.2) is 4.79 Å². The largest absolute Gasteiger partial charge is 0.489 e. The first-order chi connectivity index (χ1) is 17.0. The third-order valence-electron chi connectivity index (χ3n) is 4.64. The molecule has 0 aliphatic rings. The van der Waals surface area contributed by atoms with Crippen molar-refractivity contribution in [3.05, 3.63) is 94.0 Å². The molecule has 0 atom stereocenters. The standard InChI is InChI=1S/C27H23BrN2O5/c1-2-33-26(31)18-35-25-13-8-20(15-24(25)28)14-21(16-29)27(32)30-22-9-11-23(12-10-22)34-17-19-6-4-3-5-7-19/h3-15H,2,17-18H2,1H3,(H,30,32)/b21-14+. The molecule has 0 spiro atoms. The second kappa shape index (κ2) is 13.0. The number of carbonyl (C=O) groups is 2. The van der Waals surface area contributed by atoms with Gasteiger partial charge in [0, 0.05) is 5.69 Å². The van der Waals surface area contributed by atoms with E-state index < -0.39 is 11.9 Å². The van der Waals surface area contributed by atoms with E-state index in [0.717, 1.165) is 5.56 Å². The summed E-state index contributed by atoms with van der Waals surface area (Å²) in [5, 5.41) is 12.2. The van der Waals surface area contributed by atoms with Gasteiger partial charge >= 0.3 is 5.97 Å². The molecule has 0 heterocycles. The lowest BCUT2D eigenvalue weighted by Crippen LogP contribution is -2.14. The molecule has 7 nitrogen and oxygen atoms in total. The summed E-state index contributed by atoms with van der Waals surface area (Å²) in [4.78, 5) is 24.1. The first-order valence-corrected chi connectivity index (χ1v) is 11.6. The second-order valence-electron chi connectivity index (χ2n) is 7.21. The van der Waals surface area contributed by atoms with Gasteiger partial charge in [-0.1, -0.05) is 36.4 Å². The van der Waals surface area contributed by atoms with Gasteiger partial charge in [0.15, 0.2) is 6.61 Å². The first kappa shape index (κ1) is 25.5. The Hall–Kier alpha value is -4.09. The molecule has 0 radical (unpaired) electrons. The van der Waals surface area contributed by atoms with Crippen molar-refractivity contribution in [3.8, 4) is 17.6 Å². The van der Waals surface area contributed by atoms with Crippen molar-refractivity contribution in [1.29, 1.82) is 5.26 Å². The maximum absolute atomic E-state index is 12.6. The molecule has 0 aliphatic heterocycles. The van der Waals surface area contributed by atoms with Crippen LogP contribution < -0.4 is 14.8 Å². The van der Waals surface area contributed by atoms with Crippen LogP contribution >= 0.6 is 15.9 Å². The average Bonchev–Trinajstić information content (AvgIpc) is 2.87. The molecule has 0 aliphatic carbocycles. The second-order valence-corrected chi connectivity index (χ2v) is 8.06.